The van der Waals surface area contributed by atoms with Gasteiger partial charge in [0.05, 0.1) is 18.5 Å². The van der Waals surface area contributed by atoms with Gasteiger partial charge in [-0.3, -0.25) is 9.69 Å². The maximum absolute atomic E-state index is 14.1. The van der Waals surface area contributed by atoms with Gasteiger partial charge in [-0.25, -0.2) is 9.37 Å². The van der Waals surface area contributed by atoms with Gasteiger partial charge in [0.25, 0.3) is 0 Å². The normalized spacial score (nSPS) is 10.7. The highest BCUT2D eigenvalue weighted by molar-refractivity contribution is 14.1. The third-order valence-electron chi connectivity index (χ3n) is 4.62. The topological polar surface area (TPSA) is 42.4 Å². The Morgan fingerprint density at radius 1 is 1.00 bits per heavy atom. The number of hydrogen-bond donors (Lipinski definition) is 0. The first-order valence-corrected chi connectivity index (χ1v) is 9.93. The van der Waals surface area contributed by atoms with Crippen LogP contribution in [0.5, 0.6) is 5.75 Å². The fourth-order valence-electron chi connectivity index (χ4n) is 3.18. The van der Waals surface area contributed by atoms with Gasteiger partial charge >= 0.3 is 0 Å². The zero-order valence-electron chi connectivity index (χ0n) is 15.5. The maximum atomic E-state index is 14.1. The number of aromatic nitrogens is 1. The smallest absolute Gasteiger partial charge is 0.219 e. The van der Waals surface area contributed by atoms with Crippen molar-refractivity contribution in [2.24, 2.45) is 0 Å². The summed E-state index contributed by atoms with van der Waals surface area (Å²) in [5.41, 5.74) is 2.27. The number of rotatable bonds is 5. The number of methoxy groups -OCH3 is 1. The van der Waals surface area contributed by atoms with Crippen molar-refractivity contribution in [2.75, 3.05) is 12.0 Å². The molecule has 4 aromatic rings. The summed E-state index contributed by atoms with van der Waals surface area (Å²) >= 11 is 2.22. The maximum Gasteiger partial charge on any atom is 0.219 e. The van der Waals surface area contributed by atoms with E-state index in [4.69, 9.17) is 9.72 Å². The molecule has 0 radical (unpaired) electrons. The molecule has 0 aliphatic carbocycles. The standard InChI is InChI=1S/C23H16FIN2O2/c1-29-18-10-8-17(9-11-18)27(14-28)23-20-13-16(24)7-12-19(20)21(25)22(26-23)15-5-3-2-4-6-15/h2-14H,1H3. The molecule has 0 fully saturated rings. The van der Waals surface area contributed by atoms with Crippen LogP contribution in [-0.4, -0.2) is 18.5 Å². The van der Waals surface area contributed by atoms with Crippen LogP contribution >= 0.6 is 22.6 Å². The largest absolute Gasteiger partial charge is 0.497 e. The molecule has 0 bridgehead atoms. The quantitative estimate of drug-likeness (QED) is 0.252. The van der Waals surface area contributed by atoms with E-state index in [2.05, 4.69) is 22.6 Å². The molecule has 0 aliphatic rings. The third kappa shape index (κ3) is 3.67. The van der Waals surface area contributed by atoms with Crippen molar-refractivity contribution in [2.45, 2.75) is 0 Å². The highest BCUT2D eigenvalue weighted by atomic mass is 127. The van der Waals surface area contributed by atoms with Crippen molar-refractivity contribution in [3.8, 4) is 17.0 Å². The van der Waals surface area contributed by atoms with Gasteiger partial charge in [0.2, 0.25) is 6.41 Å². The van der Waals surface area contributed by atoms with E-state index in [1.54, 1.807) is 37.4 Å². The van der Waals surface area contributed by atoms with Crippen LogP contribution in [0, 0.1) is 9.39 Å². The molecular weight excluding hydrogens is 482 g/mol. The van der Waals surface area contributed by atoms with Crippen molar-refractivity contribution in [3.05, 3.63) is 82.2 Å². The fraction of sp³-hybridized carbons (Fsp3) is 0.0435. The lowest BCUT2D eigenvalue weighted by Crippen LogP contribution is -2.17. The van der Waals surface area contributed by atoms with Crippen LogP contribution in [0.2, 0.25) is 0 Å². The van der Waals surface area contributed by atoms with Gasteiger partial charge in [0.1, 0.15) is 17.4 Å². The number of benzene rings is 3. The molecule has 0 aliphatic heterocycles. The highest BCUT2D eigenvalue weighted by Crippen LogP contribution is 2.37. The molecule has 1 heterocycles. The molecule has 4 rings (SSSR count). The molecule has 0 saturated heterocycles. The zero-order chi connectivity index (χ0) is 20.4. The molecule has 0 saturated carbocycles. The molecule has 3 aromatic carbocycles. The Kier molecular flexibility index (Phi) is 5.44. The molecule has 4 nitrogen and oxygen atoms in total. The molecule has 1 aromatic heterocycles. The molecule has 29 heavy (non-hydrogen) atoms. The fourth-order valence-corrected chi connectivity index (χ4v) is 4.08. The first kappa shape index (κ1) is 19.3. The highest BCUT2D eigenvalue weighted by Gasteiger charge is 2.19. The van der Waals surface area contributed by atoms with Crippen LogP contribution in [0.15, 0.2) is 72.8 Å². The summed E-state index contributed by atoms with van der Waals surface area (Å²) < 4.78 is 20.2. The van der Waals surface area contributed by atoms with Gasteiger partial charge in [0, 0.05) is 19.9 Å². The number of nitrogens with zero attached hydrogens (tertiary/aromatic N) is 2. The number of pyridine rings is 1. The molecule has 0 atom stereocenters. The van der Waals surface area contributed by atoms with E-state index in [0.717, 1.165) is 20.2 Å². The zero-order valence-corrected chi connectivity index (χ0v) is 17.6. The van der Waals surface area contributed by atoms with Crippen LogP contribution in [-0.2, 0) is 4.79 Å². The Balaban J connectivity index is 1.99. The monoisotopic (exact) mass is 498 g/mol. The predicted octanol–water partition coefficient (Wildman–Crippen LogP) is 5.95. The number of fused-ring (bicyclic) bond motifs is 1. The number of amides is 1. The summed E-state index contributed by atoms with van der Waals surface area (Å²) in [6, 6.07) is 21.3. The molecule has 144 valence electrons. The van der Waals surface area contributed by atoms with E-state index in [9.17, 15) is 9.18 Å². The van der Waals surface area contributed by atoms with E-state index >= 15 is 0 Å². The van der Waals surface area contributed by atoms with E-state index in [1.807, 2.05) is 30.3 Å². The predicted molar refractivity (Wildman–Crippen MR) is 121 cm³/mol. The average molecular weight is 498 g/mol. The van der Waals surface area contributed by atoms with Crippen LogP contribution in [0.3, 0.4) is 0 Å². The Hall–Kier alpha value is -3.00. The second-order valence-electron chi connectivity index (χ2n) is 6.33. The Morgan fingerprint density at radius 2 is 1.72 bits per heavy atom. The molecule has 6 heteroatoms. The van der Waals surface area contributed by atoms with Crippen molar-refractivity contribution in [1.82, 2.24) is 4.98 Å². The van der Waals surface area contributed by atoms with Crippen molar-refractivity contribution < 1.29 is 13.9 Å². The summed E-state index contributed by atoms with van der Waals surface area (Å²) in [6.45, 7) is 0. The minimum atomic E-state index is -0.385. The van der Waals surface area contributed by atoms with E-state index < -0.39 is 0 Å². The lowest BCUT2D eigenvalue weighted by atomic mass is 10.1. The Bertz CT molecular complexity index is 1180. The number of ether oxygens (including phenoxy) is 1. The van der Waals surface area contributed by atoms with Crippen LogP contribution in [0.25, 0.3) is 22.0 Å². The molecule has 0 spiro atoms. The molecule has 1 amide bonds. The second kappa shape index (κ2) is 8.16. The van der Waals surface area contributed by atoms with Crippen molar-refractivity contribution in [1.29, 1.82) is 0 Å². The summed E-state index contributed by atoms with van der Waals surface area (Å²) in [5.74, 6) is 0.666. The second-order valence-corrected chi connectivity index (χ2v) is 7.41. The number of hydrogen-bond acceptors (Lipinski definition) is 3. The van der Waals surface area contributed by atoms with Gasteiger partial charge in [-0.1, -0.05) is 36.4 Å². The van der Waals surface area contributed by atoms with E-state index in [0.29, 0.717) is 29.1 Å². The Morgan fingerprint density at radius 3 is 2.38 bits per heavy atom. The number of halogens is 2. The number of carbonyl (C=O) groups is 1. The first-order chi connectivity index (χ1) is 14.1. The molecular formula is C23H16FIN2O2. The van der Waals surface area contributed by atoms with E-state index in [1.165, 1.54) is 17.0 Å². The summed E-state index contributed by atoms with van der Waals surface area (Å²) in [6.07, 6.45) is 0.691. The van der Waals surface area contributed by atoms with Crippen LogP contribution < -0.4 is 9.64 Å². The van der Waals surface area contributed by atoms with Gasteiger partial charge in [-0.2, -0.15) is 0 Å². The van der Waals surface area contributed by atoms with Gasteiger partial charge in [-0.05, 0) is 59.0 Å². The summed E-state index contributed by atoms with van der Waals surface area (Å²) in [4.78, 5) is 18.3. The van der Waals surface area contributed by atoms with Crippen LogP contribution in [0.1, 0.15) is 0 Å². The minimum absolute atomic E-state index is 0.374. The van der Waals surface area contributed by atoms with Crippen molar-refractivity contribution >= 4 is 51.3 Å². The lowest BCUT2D eigenvalue weighted by molar-refractivity contribution is -0.106. The van der Waals surface area contributed by atoms with E-state index in [-0.39, 0.29) is 5.82 Å². The van der Waals surface area contributed by atoms with Gasteiger partial charge in [0.15, 0.2) is 0 Å². The number of anilines is 2. The van der Waals surface area contributed by atoms with Gasteiger partial charge in [-0.15, -0.1) is 0 Å². The Labute approximate surface area is 181 Å². The van der Waals surface area contributed by atoms with Crippen molar-refractivity contribution in [3.63, 3.8) is 0 Å². The van der Waals surface area contributed by atoms with Gasteiger partial charge < -0.3 is 4.74 Å². The van der Waals surface area contributed by atoms with Crippen LogP contribution in [0.4, 0.5) is 15.9 Å². The SMILES string of the molecule is COc1ccc(N(C=O)c2nc(-c3ccccc3)c(I)c3ccc(F)cc23)cc1. The minimum Gasteiger partial charge on any atom is -0.497 e. The lowest BCUT2D eigenvalue weighted by Gasteiger charge is -2.21. The molecule has 0 unspecified atom stereocenters. The summed E-state index contributed by atoms with van der Waals surface area (Å²) in [5, 5.41) is 1.40. The third-order valence-corrected chi connectivity index (χ3v) is 5.71. The summed E-state index contributed by atoms with van der Waals surface area (Å²) in [7, 11) is 1.58. The molecule has 0 N–H and O–H groups in total. The number of carbonyl (C=O) groups excluding carboxylic acids is 1. The average Bonchev–Trinajstić information content (AvgIpc) is 2.76. The first-order valence-electron chi connectivity index (χ1n) is 8.85.